The van der Waals surface area contributed by atoms with E-state index in [1.54, 1.807) is 7.05 Å². The standard InChI is InChI=1S/C8H15N3OS/c1-8(2)5-10-6(12)4-11(8)7(13)9-3/h4-5H2,1-3H3,(H,9,13)(H,10,12). The van der Waals surface area contributed by atoms with Crippen LogP contribution in [0.4, 0.5) is 0 Å². The summed E-state index contributed by atoms with van der Waals surface area (Å²) in [6, 6.07) is 0. The average molecular weight is 201 g/mol. The summed E-state index contributed by atoms with van der Waals surface area (Å²) in [7, 11) is 1.77. The Kier molecular flexibility index (Phi) is 2.75. The molecule has 2 N–H and O–H groups in total. The number of hydrogen-bond donors (Lipinski definition) is 2. The van der Waals surface area contributed by atoms with Gasteiger partial charge in [-0.15, -0.1) is 0 Å². The van der Waals surface area contributed by atoms with Gasteiger partial charge in [0.2, 0.25) is 5.91 Å². The van der Waals surface area contributed by atoms with Crippen LogP contribution in [0.5, 0.6) is 0 Å². The second kappa shape index (κ2) is 3.49. The van der Waals surface area contributed by atoms with Crippen molar-refractivity contribution in [2.75, 3.05) is 20.1 Å². The number of carbonyl (C=O) groups excluding carboxylic acids is 1. The molecule has 74 valence electrons. The largest absolute Gasteiger partial charge is 0.366 e. The average Bonchev–Trinajstić information content (AvgIpc) is 2.08. The monoisotopic (exact) mass is 201 g/mol. The van der Waals surface area contributed by atoms with Gasteiger partial charge in [0.25, 0.3) is 0 Å². The quantitative estimate of drug-likeness (QED) is 0.528. The summed E-state index contributed by atoms with van der Waals surface area (Å²) >= 11 is 5.11. The zero-order valence-electron chi connectivity index (χ0n) is 8.18. The van der Waals surface area contributed by atoms with Gasteiger partial charge in [-0.05, 0) is 26.1 Å². The first-order valence-corrected chi connectivity index (χ1v) is 4.64. The van der Waals surface area contributed by atoms with E-state index in [1.165, 1.54) is 0 Å². The first-order valence-electron chi connectivity index (χ1n) is 4.23. The Hall–Kier alpha value is -0.840. The van der Waals surface area contributed by atoms with Crippen molar-refractivity contribution in [2.24, 2.45) is 0 Å². The molecule has 4 nitrogen and oxygen atoms in total. The molecule has 0 radical (unpaired) electrons. The summed E-state index contributed by atoms with van der Waals surface area (Å²) < 4.78 is 0. The lowest BCUT2D eigenvalue weighted by molar-refractivity contribution is -0.125. The van der Waals surface area contributed by atoms with Gasteiger partial charge in [-0.1, -0.05) is 0 Å². The summed E-state index contributed by atoms with van der Waals surface area (Å²) in [5, 5.41) is 6.33. The third kappa shape index (κ3) is 2.09. The number of piperazine rings is 1. The van der Waals surface area contributed by atoms with Gasteiger partial charge in [-0.25, -0.2) is 0 Å². The molecule has 0 saturated carbocycles. The number of nitrogens with one attached hydrogen (secondary N) is 2. The van der Waals surface area contributed by atoms with Gasteiger partial charge in [-0.2, -0.15) is 0 Å². The van der Waals surface area contributed by atoms with E-state index in [-0.39, 0.29) is 11.4 Å². The predicted octanol–water partition coefficient (Wildman–Crippen LogP) is -0.299. The minimum Gasteiger partial charge on any atom is -0.366 e. The van der Waals surface area contributed by atoms with Gasteiger partial charge in [-0.3, -0.25) is 4.79 Å². The molecule has 0 aromatic carbocycles. The SMILES string of the molecule is CNC(=S)N1CC(=O)NCC1(C)C. The summed E-state index contributed by atoms with van der Waals surface area (Å²) in [6.45, 7) is 5.08. The normalized spacial score (nSPS) is 20.8. The molecule has 1 aliphatic rings. The molecule has 1 saturated heterocycles. The highest BCUT2D eigenvalue weighted by Crippen LogP contribution is 2.16. The molecular weight excluding hydrogens is 186 g/mol. The van der Waals surface area contributed by atoms with Gasteiger partial charge in [0.1, 0.15) is 0 Å². The zero-order chi connectivity index (χ0) is 10.1. The fraction of sp³-hybridized carbons (Fsp3) is 0.750. The molecular formula is C8H15N3OS. The highest BCUT2D eigenvalue weighted by Gasteiger charge is 2.34. The highest BCUT2D eigenvalue weighted by molar-refractivity contribution is 7.80. The van der Waals surface area contributed by atoms with Crippen molar-refractivity contribution in [1.82, 2.24) is 15.5 Å². The first-order chi connectivity index (χ1) is 5.97. The molecule has 13 heavy (non-hydrogen) atoms. The van der Waals surface area contributed by atoms with Crippen LogP contribution in [-0.2, 0) is 4.79 Å². The summed E-state index contributed by atoms with van der Waals surface area (Å²) in [4.78, 5) is 13.0. The van der Waals surface area contributed by atoms with Gasteiger partial charge in [0.05, 0.1) is 12.1 Å². The lowest BCUT2D eigenvalue weighted by atomic mass is 10.0. The third-order valence-corrected chi connectivity index (χ3v) is 2.63. The number of nitrogens with zero attached hydrogens (tertiary/aromatic N) is 1. The molecule has 1 fully saturated rings. The number of thiocarbonyl (C=S) groups is 1. The first kappa shape index (κ1) is 10.2. The molecule has 0 unspecified atom stereocenters. The topological polar surface area (TPSA) is 44.4 Å². The molecule has 1 amide bonds. The minimum absolute atomic E-state index is 0.0249. The van der Waals surface area contributed by atoms with Gasteiger partial charge in [0.15, 0.2) is 5.11 Å². The molecule has 1 aliphatic heterocycles. The fourth-order valence-corrected chi connectivity index (χ4v) is 1.62. The summed E-state index contributed by atoms with van der Waals surface area (Å²) in [5.41, 5.74) is -0.103. The number of rotatable bonds is 0. The van der Waals surface area contributed by atoms with Crippen molar-refractivity contribution in [3.05, 3.63) is 0 Å². The molecule has 1 heterocycles. The van der Waals surface area contributed by atoms with E-state index in [1.807, 2.05) is 4.90 Å². The second-order valence-electron chi connectivity index (χ2n) is 3.73. The van der Waals surface area contributed by atoms with E-state index in [0.717, 1.165) is 0 Å². The van der Waals surface area contributed by atoms with Crippen molar-refractivity contribution in [3.63, 3.8) is 0 Å². The van der Waals surface area contributed by atoms with E-state index in [2.05, 4.69) is 24.5 Å². The maximum atomic E-state index is 11.1. The third-order valence-electron chi connectivity index (χ3n) is 2.21. The Morgan fingerprint density at radius 2 is 2.31 bits per heavy atom. The number of hydrogen-bond acceptors (Lipinski definition) is 2. The molecule has 0 aromatic rings. The zero-order valence-corrected chi connectivity index (χ0v) is 8.99. The Balaban J connectivity index is 2.77. The Morgan fingerprint density at radius 3 is 2.85 bits per heavy atom. The van der Waals surface area contributed by atoms with Crippen LogP contribution in [-0.4, -0.2) is 41.6 Å². The van der Waals surface area contributed by atoms with Crippen LogP contribution in [0, 0.1) is 0 Å². The maximum Gasteiger partial charge on any atom is 0.239 e. The highest BCUT2D eigenvalue weighted by atomic mass is 32.1. The van der Waals surface area contributed by atoms with Crippen molar-refractivity contribution >= 4 is 23.2 Å². The van der Waals surface area contributed by atoms with Crippen molar-refractivity contribution in [3.8, 4) is 0 Å². The molecule has 0 atom stereocenters. The minimum atomic E-state index is -0.103. The van der Waals surface area contributed by atoms with Crippen molar-refractivity contribution < 1.29 is 4.79 Å². The van der Waals surface area contributed by atoms with Crippen LogP contribution in [0.15, 0.2) is 0 Å². The van der Waals surface area contributed by atoms with Crippen LogP contribution < -0.4 is 10.6 Å². The van der Waals surface area contributed by atoms with E-state index in [0.29, 0.717) is 18.2 Å². The molecule has 0 spiro atoms. The van der Waals surface area contributed by atoms with Gasteiger partial charge in [0, 0.05) is 13.6 Å². The molecule has 0 aliphatic carbocycles. The number of carbonyl (C=O) groups is 1. The van der Waals surface area contributed by atoms with Crippen LogP contribution in [0.3, 0.4) is 0 Å². The second-order valence-corrected chi connectivity index (χ2v) is 4.12. The van der Waals surface area contributed by atoms with Crippen LogP contribution in [0.2, 0.25) is 0 Å². The van der Waals surface area contributed by atoms with Gasteiger partial charge < -0.3 is 15.5 Å². The molecule has 5 heteroatoms. The summed E-state index contributed by atoms with van der Waals surface area (Å²) in [6.07, 6.45) is 0. The van der Waals surface area contributed by atoms with Crippen LogP contribution >= 0.6 is 12.2 Å². The molecule has 1 rings (SSSR count). The van der Waals surface area contributed by atoms with E-state index >= 15 is 0 Å². The lowest BCUT2D eigenvalue weighted by Crippen LogP contribution is -2.63. The van der Waals surface area contributed by atoms with E-state index < -0.39 is 0 Å². The van der Waals surface area contributed by atoms with Gasteiger partial charge >= 0.3 is 0 Å². The Morgan fingerprint density at radius 1 is 1.69 bits per heavy atom. The van der Waals surface area contributed by atoms with Crippen LogP contribution in [0.1, 0.15) is 13.8 Å². The molecule has 0 bridgehead atoms. The lowest BCUT2D eigenvalue weighted by Gasteiger charge is -2.43. The van der Waals surface area contributed by atoms with Crippen molar-refractivity contribution in [1.29, 1.82) is 0 Å². The van der Waals surface area contributed by atoms with Crippen molar-refractivity contribution in [2.45, 2.75) is 19.4 Å². The van der Waals surface area contributed by atoms with E-state index in [4.69, 9.17) is 12.2 Å². The molecule has 0 aromatic heterocycles. The Bertz CT molecular complexity index is 240. The van der Waals surface area contributed by atoms with E-state index in [9.17, 15) is 4.79 Å². The maximum absolute atomic E-state index is 11.1. The number of amides is 1. The smallest absolute Gasteiger partial charge is 0.239 e. The fourth-order valence-electron chi connectivity index (χ4n) is 1.31. The predicted molar refractivity (Wildman–Crippen MR) is 55.5 cm³/mol. The Labute approximate surface area is 83.7 Å². The summed E-state index contributed by atoms with van der Waals surface area (Å²) in [5.74, 6) is 0.0249. The van der Waals surface area contributed by atoms with Crippen LogP contribution in [0.25, 0.3) is 0 Å².